The Morgan fingerprint density at radius 2 is 2.09 bits per heavy atom. The second-order valence-electron chi connectivity index (χ2n) is 8.50. The number of methoxy groups -OCH3 is 1. The summed E-state index contributed by atoms with van der Waals surface area (Å²) < 4.78 is 19.8. The van der Waals surface area contributed by atoms with Crippen LogP contribution in [-0.2, 0) is 11.3 Å². The Bertz CT molecular complexity index is 1090. The number of nitrogens with zero attached hydrogens (tertiary/aromatic N) is 4. The molecule has 8 nitrogen and oxygen atoms in total. The largest absolute Gasteiger partial charge is 0.494 e. The lowest BCUT2D eigenvalue weighted by atomic mass is 10.1. The van der Waals surface area contributed by atoms with Gasteiger partial charge in [-0.15, -0.1) is 0 Å². The fraction of sp³-hybridized carbons (Fsp3) is 0.417. The summed E-state index contributed by atoms with van der Waals surface area (Å²) in [6, 6.07) is 10.0. The van der Waals surface area contributed by atoms with Crippen LogP contribution in [0.3, 0.4) is 0 Å². The topological polar surface area (TPSA) is 73.7 Å². The molecule has 8 heteroatoms. The lowest BCUT2D eigenvalue weighted by Gasteiger charge is -2.24. The van der Waals surface area contributed by atoms with Crippen LogP contribution in [0.25, 0.3) is 5.69 Å². The molecule has 4 heterocycles. The van der Waals surface area contributed by atoms with Crippen molar-refractivity contribution in [1.29, 1.82) is 0 Å². The highest BCUT2D eigenvalue weighted by atomic mass is 16.5. The molecule has 0 amide bonds. The first-order valence-corrected chi connectivity index (χ1v) is 11.0. The molecule has 3 aromatic rings. The number of hydrogen-bond donors (Lipinski definition) is 1. The Balaban J connectivity index is 1.38. The van der Waals surface area contributed by atoms with Crippen LogP contribution in [0, 0.1) is 6.92 Å². The fourth-order valence-electron chi connectivity index (χ4n) is 4.36. The number of benzene rings is 1. The number of rotatable bonds is 5. The normalized spacial score (nSPS) is 21.0. The van der Waals surface area contributed by atoms with Gasteiger partial charge in [0.15, 0.2) is 0 Å². The van der Waals surface area contributed by atoms with Crippen LogP contribution in [-0.4, -0.2) is 59.0 Å². The molecule has 2 aliphatic rings. The minimum absolute atomic E-state index is 0.00971. The summed E-state index contributed by atoms with van der Waals surface area (Å²) in [5.41, 5.74) is 3.85. The van der Waals surface area contributed by atoms with Crippen molar-refractivity contribution in [3.05, 3.63) is 54.1 Å². The van der Waals surface area contributed by atoms with Crippen LogP contribution in [0.4, 0.5) is 11.5 Å². The summed E-state index contributed by atoms with van der Waals surface area (Å²) in [6.07, 6.45) is 6.00. The van der Waals surface area contributed by atoms with Gasteiger partial charge in [0.25, 0.3) is 0 Å². The molecule has 1 saturated heterocycles. The number of nitrogens with one attached hydrogen (secondary N) is 1. The van der Waals surface area contributed by atoms with Gasteiger partial charge in [-0.3, -0.25) is 4.90 Å². The van der Waals surface area contributed by atoms with Crippen LogP contribution in [0.1, 0.15) is 24.1 Å². The maximum Gasteiger partial charge on any atom is 0.220 e. The number of aromatic nitrogens is 3. The molecule has 0 spiro atoms. The maximum atomic E-state index is 6.36. The standard InChI is InChI=1S/C24H29N5O3/c1-16-12-29(15-25-16)19-8-7-18(11-21(19)30-3)26-23-9-6-17-13-28(2)14-22(32-24(17)27-23)20-5-4-10-31-20/h6-9,11-12,15,20,22H,4-5,10,13-14H2,1-3H3,(H,26,27). The van der Waals surface area contributed by atoms with Gasteiger partial charge in [-0.05, 0) is 51.1 Å². The number of pyridine rings is 1. The molecule has 0 saturated carbocycles. The lowest BCUT2D eigenvalue weighted by Crippen LogP contribution is -2.39. The van der Waals surface area contributed by atoms with Crippen LogP contribution in [0.15, 0.2) is 42.9 Å². The molecular weight excluding hydrogens is 406 g/mol. The molecule has 168 valence electrons. The Morgan fingerprint density at radius 1 is 1.19 bits per heavy atom. The number of hydrogen-bond acceptors (Lipinski definition) is 7. The van der Waals surface area contributed by atoms with Gasteiger partial charge >= 0.3 is 0 Å². The number of anilines is 2. The van der Waals surface area contributed by atoms with E-state index in [-0.39, 0.29) is 12.2 Å². The predicted molar refractivity (Wildman–Crippen MR) is 122 cm³/mol. The summed E-state index contributed by atoms with van der Waals surface area (Å²) in [6.45, 7) is 4.41. The smallest absolute Gasteiger partial charge is 0.220 e. The zero-order valence-corrected chi connectivity index (χ0v) is 18.7. The summed E-state index contributed by atoms with van der Waals surface area (Å²) >= 11 is 0. The molecule has 0 radical (unpaired) electrons. The van der Waals surface area contributed by atoms with E-state index in [1.54, 1.807) is 13.4 Å². The molecular formula is C24H29N5O3. The van der Waals surface area contributed by atoms with Gasteiger partial charge < -0.3 is 24.1 Å². The highest BCUT2D eigenvalue weighted by Gasteiger charge is 2.32. The minimum atomic E-state index is -0.00971. The quantitative estimate of drug-likeness (QED) is 0.655. The predicted octanol–water partition coefficient (Wildman–Crippen LogP) is 3.70. The Kier molecular flexibility index (Phi) is 5.71. The van der Waals surface area contributed by atoms with E-state index in [0.717, 1.165) is 66.7 Å². The molecule has 1 aromatic carbocycles. The average Bonchev–Trinajstić information content (AvgIpc) is 3.44. The zero-order chi connectivity index (χ0) is 22.1. The molecule has 2 aliphatic heterocycles. The van der Waals surface area contributed by atoms with E-state index in [4.69, 9.17) is 19.2 Å². The number of ether oxygens (including phenoxy) is 3. The van der Waals surface area contributed by atoms with Crippen molar-refractivity contribution < 1.29 is 14.2 Å². The van der Waals surface area contributed by atoms with Crippen molar-refractivity contribution in [3.8, 4) is 17.3 Å². The molecule has 32 heavy (non-hydrogen) atoms. The monoisotopic (exact) mass is 435 g/mol. The summed E-state index contributed by atoms with van der Waals surface area (Å²) in [5.74, 6) is 2.16. The van der Waals surface area contributed by atoms with Gasteiger partial charge in [0.2, 0.25) is 5.88 Å². The first kappa shape index (κ1) is 20.8. The number of fused-ring (bicyclic) bond motifs is 1. The maximum absolute atomic E-state index is 6.36. The molecule has 2 aromatic heterocycles. The van der Waals surface area contributed by atoms with E-state index in [1.807, 2.05) is 42.0 Å². The second-order valence-corrected chi connectivity index (χ2v) is 8.50. The average molecular weight is 436 g/mol. The number of aryl methyl sites for hydroxylation is 1. The van der Waals surface area contributed by atoms with E-state index in [1.165, 1.54) is 0 Å². The van der Waals surface area contributed by atoms with E-state index in [9.17, 15) is 0 Å². The molecule has 0 aliphatic carbocycles. The molecule has 2 atom stereocenters. The van der Waals surface area contributed by atoms with Gasteiger partial charge in [0, 0.05) is 43.2 Å². The highest BCUT2D eigenvalue weighted by Crippen LogP contribution is 2.31. The van der Waals surface area contributed by atoms with Crippen molar-refractivity contribution in [2.45, 2.75) is 38.5 Å². The molecule has 1 fully saturated rings. The van der Waals surface area contributed by atoms with Crippen LogP contribution in [0.5, 0.6) is 11.6 Å². The highest BCUT2D eigenvalue weighted by molar-refractivity contribution is 5.63. The number of imidazole rings is 1. The Labute approximate surface area is 188 Å². The molecule has 2 unspecified atom stereocenters. The van der Waals surface area contributed by atoms with Crippen LogP contribution < -0.4 is 14.8 Å². The third-order valence-corrected chi connectivity index (χ3v) is 5.96. The first-order valence-electron chi connectivity index (χ1n) is 11.0. The third kappa shape index (κ3) is 4.28. The lowest BCUT2D eigenvalue weighted by molar-refractivity contribution is 0.00124. The van der Waals surface area contributed by atoms with Crippen molar-refractivity contribution in [3.63, 3.8) is 0 Å². The van der Waals surface area contributed by atoms with Crippen molar-refractivity contribution in [2.75, 3.05) is 32.6 Å². The SMILES string of the molecule is COc1cc(Nc2ccc3c(n2)OC(C2CCCO2)CN(C)C3)ccc1-n1cnc(C)c1. The van der Waals surface area contributed by atoms with Crippen molar-refractivity contribution >= 4 is 11.5 Å². The zero-order valence-electron chi connectivity index (χ0n) is 18.7. The first-order chi connectivity index (χ1) is 15.6. The van der Waals surface area contributed by atoms with Gasteiger partial charge in [0.05, 0.1) is 30.9 Å². The fourth-order valence-corrected chi connectivity index (χ4v) is 4.36. The van der Waals surface area contributed by atoms with Crippen LogP contribution in [0.2, 0.25) is 0 Å². The van der Waals surface area contributed by atoms with Crippen LogP contribution >= 0.6 is 0 Å². The molecule has 0 bridgehead atoms. The Morgan fingerprint density at radius 3 is 2.84 bits per heavy atom. The Hall–Kier alpha value is -3.10. The van der Waals surface area contributed by atoms with Gasteiger partial charge in [-0.2, -0.15) is 4.98 Å². The van der Waals surface area contributed by atoms with E-state index in [2.05, 4.69) is 28.3 Å². The minimum Gasteiger partial charge on any atom is -0.494 e. The van der Waals surface area contributed by atoms with Crippen molar-refractivity contribution in [2.24, 2.45) is 0 Å². The van der Waals surface area contributed by atoms with Crippen molar-refractivity contribution in [1.82, 2.24) is 19.4 Å². The molecule has 5 rings (SSSR count). The molecule has 1 N–H and O–H groups in total. The van der Waals surface area contributed by atoms with E-state index >= 15 is 0 Å². The van der Waals surface area contributed by atoms with Gasteiger partial charge in [-0.25, -0.2) is 4.98 Å². The summed E-state index contributed by atoms with van der Waals surface area (Å²) in [7, 11) is 3.78. The summed E-state index contributed by atoms with van der Waals surface area (Å²) in [4.78, 5) is 11.4. The van der Waals surface area contributed by atoms with E-state index in [0.29, 0.717) is 5.88 Å². The third-order valence-electron chi connectivity index (χ3n) is 5.96. The second kappa shape index (κ2) is 8.80. The van der Waals surface area contributed by atoms with Gasteiger partial charge in [0.1, 0.15) is 17.7 Å². The van der Waals surface area contributed by atoms with Gasteiger partial charge in [-0.1, -0.05) is 0 Å². The summed E-state index contributed by atoms with van der Waals surface area (Å²) in [5, 5.41) is 3.39. The number of likely N-dealkylation sites (N-methyl/N-ethyl adjacent to an activating group) is 1. The van der Waals surface area contributed by atoms with E-state index < -0.39 is 0 Å².